The van der Waals surface area contributed by atoms with E-state index < -0.39 is 6.10 Å². The van der Waals surface area contributed by atoms with Crippen LogP contribution in [-0.2, 0) is 6.42 Å². The van der Waals surface area contributed by atoms with Gasteiger partial charge in [0.05, 0.1) is 0 Å². The van der Waals surface area contributed by atoms with Crippen molar-refractivity contribution in [3.63, 3.8) is 0 Å². The fourth-order valence-electron chi connectivity index (χ4n) is 2.28. The number of rotatable bonds is 6. The number of hydrogen-bond donors (Lipinski definition) is 1. The average molecular weight is 284 g/mol. The molecular weight excluding hydrogens is 260 g/mol. The van der Waals surface area contributed by atoms with Gasteiger partial charge in [-0.1, -0.05) is 43.7 Å². The van der Waals surface area contributed by atoms with Crippen LogP contribution in [0.1, 0.15) is 41.7 Å². The molecule has 0 heterocycles. The first-order chi connectivity index (χ1) is 10.1. The number of aliphatic hydroxyl groups excluding tert-OH is 1. The highest BCUT2D eigenvalue weighted by atomic mass is 16.5. The van der Waals surface area contributed by atoms with Gasteiger partial charge < -0.3 is 9.84 Å². The van der Waals surface area contributed by atoms with Gasteiger partial charge in [0.15, 0.2) is 0 Å². The van der Waals surface area contributed by atoms with Gasteiger partial charge in [-0.2, -0.15) is 0 Å². The molecule has 0 saturated heterocycles. The van der Waals surface area contributed by atoms with E-state index >= 15 is 0 Å². The second-order valence-electron chi connectivity index (χ2n) is 5.56. The van der Waals surface area contributed by atoms with Crippen molar-refractivity contribution in [2.75, 3.05) is 6.61 Å². The van der Waals surface area contributed by atoms with Crippen LogP contribution in [0, 0.1) is 13.8 Å². The molecule has 0 aliphatic heterocycles. The molecule has 2 heteroatoms. The zero-order valence-corrected chi connectivity index (χ0v) is 13.1. The molecule has 112 valence electrons. The SMILES string of the molecule is CCCc1ccc(OCC(O)c2ccc(C)c(C)c2)cc1. The Morgan fingerprint density at radius 2 is 1.71 bits per heavy atom. The highest BCUT2D eigenvalue weighted by Crippen LogP contribution is 2.19. The average Bonchev–Trinajstić information content (AvgIpc) is 2.49. The minimum atomic E-state index is -0.598. The van der Waals surface area contributed by atoms with Crippen molar-refractivity contribution < 1.29 is 9.84 Å². The standard InChI is InChI=1S/C19H24O2/c1-4-5-16-7-10-18(11-8-16)21-13-19(20)17-9-6-14(2)15(3)12-17/h6-12,19-20H,4-5,13H2,1-3H3. The first-order valence-electron chi connectivity index (χ1n) is 7.57. The van der Waals surface area contributed by atoms with Gasteiger partial charge in [0.25, 0.3) is 0 Å². The Bertz CT molecular complexity index is 573. The molecule has 2 rings (SSSR count). The molecule has 0 radical (unpaired) electrons. The monoisotopic (exact) mass is 284 g/mol. The molecule has 2 nitrogen and oxygen atoms in total. The van der Waals surface area contributed by atoms with Crippen molar-refractivity contribution in [2.45, 2.75) is 39.7 Å². The van der Waals surface area contributed by atoms with Crippen LogP contribution in [0.3, 0.4) is 0 Å². The Kier molecular flexibility index (Phi) is 5.40. The van der Waals surface area contributed by atoms with Gasteiger partial charge in [-0.3, -0.25) is 0 Å². The van der Waals surface area contributed by atoms with Crippen molar-refractivity contribution in [1.29, 1.82) is 0 Å². The van der Waals surface area contributed by atoms with E-state index in [0.717, 1.165) is 24.2 Å². The first kappa shape index (κ1) is 15.6. The van der Waals surface area contributed by atoms with Crippen molar-refractivity contribution in [2.24, 2.45) is 0 Å². The molecule has 0 aliphatic rings. The summed E-state index contributed by atoms with van der Waals surface area (Å²) in [6, 6.07) is 14.1. The van der Waals surface area contributed by atoms with Gasteiger partial charge in [-0.05, 0) is 54.7 Å². The van der Waals surface area contributed by atoms with Crippen LogP contribution in [-0.4, -0.2) is 11.7 Å². The largest absolute Gasteiger partial charge is 0.491 e. The molecule has 2 aromatic rings. The van der Waals surface area contributed by atoms with Crippen LogP contribution in [0.2, 0.25) is 0 Å². The summed E-state index contributed by atoms with van der Waals surface area (Å²) in [4.78, 5) is 0. The molecule has 0 aliphatic carbocycles. The van der Waals surface area contributed by atoms with Crippen LogP contribution < -0.4 is 4.74 Å². The topological polar surface area (TPSA) is 29.5 Å². The number of ether oxygens (including phenoxy) is 1. The Morgan fingerprint density at radius 1 is 1.00 bits per heavy atom. The van der Waals surface area contributed by atoms with E-state index in [9.17, 15) is 5.11 Å². The summed E-state index contributed by atoms with van der Waals surface area (Å²) in [5.74, 6) is 0.803. The predicted molar refractivity (Wildman–Crippen MR) is 86.8 cm³/mol. The third-order valence-corrected chi connectivity index (χ3v) is 3.79. The normalized spacial score (nSPS) is 12.2. The Morgan fingerprint density at radius 3 is 2.33 bits per heavy atom. The van der Waals surface area contributed by atoms with Crippen LogP contribution in [0.5, 0.6) is 5.75 Å². The lowest BCUT2D eigenvalue weighted by molar-refractivity contribution is 0.108. The van der Waals surface area contributed by atoms with Crippen molar-refractivity contribution in [3.8, 4) is 5.75 Å². The van der Waals surface area contributed by atoms with E-state index in [1.165, 1.54) is 16.7 Å². The fourth-order valence-corrected chi connectivity index (χ4v) is 2.28. The fraction of sp³-hybridized carbons (Fsp3) is 0.368. The second kappa shape index (κ2) is 7.28. The molecule has 0 saturated carbocycles. The molecule has 0 bridgehead atoms. The molecule has 0 aromatic heterocycles. The van der Waals surface area contributed by atoms with E-state index in [2.05, 4.69) is 32.9 Å². The molecular formula is C19H24O2. The minimum Gasteiger partial charge on any atom is -0.491 e. The third-order valence-electron chi connectivity index (χ3n) is 3.79. The smallest absolute Gasteiger partial charge is 0.119 e. The Balaban J connectivity index is 1.93. The summed E-state index contributed by atoms with van der Waals surface area (Å²) in [5, 5.41) is 10.2. The third kappa shape index (κ3) is 4.33. The maximum atomic E-state index is 10.2. The maximum absolute atomic E-state index is 10.2. The lowest BCUT2D eigenvalue weighted by Gasteiger charge is -2.14. The lowest BCUT2D eigenvalue weighted by Crippen LogP contribution is -2.10. The van der Waals surface area contributed by atoms with E-state index in [1.807, 2.05) is 30.3 Å². The van der Waals surface area contributed by atoms with E-state index in [1.54, 1.807) is 0 Å². The van der Waals surface area contributed by atoms with Gasteiger partial charge in [-0.25, -0.2) is 0 Å². The van der Waals surface area contributed by atoms with Crippen molar-refractivity contribution in [3.05, 3.63) is 64.7 Å². The van der Waals surface area contributed by atoms with Crippen molar-refractivity contribution >= 4 is 0 Å². The molecule has 21 heavy (non-hydrogen) atoms. The molecule has 1 atom stereocenters. The summed E-state index contributed by atoms with van der Waals surface area (Å²) in [6.45, 7) is 6.57. The van der Waals surface area contributed by atoms with Gasteiger partial charge in [0.2, 0.25) is 0 Å². The van der Waals surface area contributed by atoms with E-state index in [4.69, 9.17) is 4.74 Å². The highest BCUT2D eigenvalue weighted by molar-refractivity contribution is 5.31. The first-order valence-corrected chi connectivity index (χ1v) is 7.57. The molecule has 0 spiro atoms. The highest BCUT2D eigenvalue weighted by Gasteiger charge is 2.09. The van der Waals surface area contributed by atoms with Crippen LogP contribution in [0.15, 0.2) is 42.5 Å². The summed E-state index contributed by atoms with van der Waals surface area (Å²) in [7, 11) is 0. The molecule has 1 unspecified atom stereocenters. The molecule has 1 N–H and O–H groups in total. The summed E-state index contributed by atoms with van der Waals surface area (Å²) < 4.78 is 5.68. The number of hydrogen-bond acceptors (Lipinski definition) is 2. The minimum absolute atomic E-state index is 0.273. The second-order valence-corrected chi connectivity index (χ2v) is 5.56. The lowest BCUT2D eigenvalue weighted by atomic mass is 10.0. The van der Waals surface area contributed by atoms with E-state index in [-0.39, 0.29) is 6.61 Å². The number of benzene rings is 2. The maximum Gasteiger partial charge on any atom is 0.119 e. The van der Waals surface area contributed by atoms with Crippen LogP contribution >= 0.6 is 0 Å². The summed E-state index contributed by atoms with van der Waals surface area (Å²) in [5.41, 5.74) is 4.65. The molecule has 0 fully saturated rings. The van der Waals surface area contributed by atoms with Gasteiger partial charge in [-0.15, -0.1) is 0 Å². The molecule has 0 amide bonds. The predicted octanol–water partition coefficient (Wildman–Crippen LogP) is 4.37. The number of aliphatic hydroxyl groups is 1. The van der Waals surface area contributed by atoms with Gasteiger partial charge in [0.1, 0.15) is 18.5 Å². The Hall–Kier alpha value is -1.80. The number of aryl methyl sites for hydroxylation is 3. The Labute approximate surface area is 127 Å². The zero-order chi connectivity index (χ0) is 15.2. The quantitative estimate of drug-likeness (QED) is 0.853. The van der Waals surface area contributed by atoms with Crippen LogP contribution in [0.25, 0.3) is 0 Å². The molecule has 2 aromatic carbocycles. The summed E-state index contributed by atoms with van der Waals surface area (Å²) >= 11 is 0. The van der Waals surface area contributed by atoms with Gasteiger partial charge in [0, 0.05) is 0 Å². The zero-order valence-electron chi connectivity index (χ0n) is 13.1. The van der Waals surface area contributed by atoms with E-state index in [0.29, 0.717) is 0 Å². The van der Waals surface area contributed by atoms with Crippen molar-refractivity contribution in [1.82, 2.24) is 0 Å². The van der Waals surface area contributed by atoms with Crippen LogP contribution in [0.4, 0.5) is 0 Å². The summed E-state index contributed by atoms with van der Waals surface area (Å²) in [6.07, 6.45) is 1.64. The van der Waals surface area contributed by atoms with Gasteiger partial charge >= 0.3 is 0 Å².